The Labute approximate surface area is 145 Å². The third kappa shape index (κ3) is 3.59. The summed E-state index contributed by atoms with van der Waals surface area (Å²) in [4.78, 5) is 2.34. The third-order valence-electron chi connectivity index (χ3n) is 5.03. The standard InChI is InChI=1S/C18H22FN3OS/c19-15-5-3-13(4-6-15)12-17-20-21-18(24-17)22-9-7-14(8-10-22)16-2-1-11-23-16/h3-6,14,16H,1-2,7-12H2. The minimum atomic E-state index is -0.203. The maximum Gasteiger partial charge on any atom is 0.208 e. The fourth-order valence-electron chi connectivity index (χ4n) is 3.66. The Morgan fingerprint density at radius 3 is 2.62 bits per heavy atom. The molecule has 0 spiro atoms. The Hall–Kier alpha value is -1.53. The molecule has 2 aliphatic heterocycles. The van der Waals surface area contributed by atoms with Crippen LogP contribution in [-0.4, -0.2) is 36.0 Å². The fourth-order valence-corrected chi connectivity index (χ4v) is 4.58. The molecule has 128 valence electrons. The first-order valence-electron chi connectivity index (χ1n) is 8.71. The summed E-state index contributed by atoms with van der Waals surface area (Å²) in [5.74, 6) is 0.501. The summed E-state index contributed by atoms with van der Waals surface area (Å²) in [7, 11) is 0. The second-order valence-electron chi connectivity index (χ2n) is 6.66. The van der Waals surface area contributed by atoms with E-state index >= 15 is 0 Å². The van der Waals surface area contributed by atoms with Crippen molar-refractivity contribution in [2.24, 2.45) is 5.92 Å². The number of hydrogen-bond acceptors (Lipinski definition) is 5. The number of nitrogens with zero attached hydrogens (tertiary/aromatic N) is 3. The zero-order chi connectivity index (χ0) is 16.4. The molecule has 0 radical (unpaired) electrons. The number of rotatable bonds is 4. The second kappa shape index (κ2) is 7.15. The van der Waals surface area contributed by atoms with Crippen molar-refractivity contribution in [3.8, 4) is 0 Å². The van der Waals surface area contributed by atoms with Crippen molar-refractivity contribution in [3.05, 3.63) is 40.7 Å². The highest BCUT2D eigenvalue weighted by Gasteiger charge is 2.30. The zero-order valence-electron chi connectivity index (χ0n) is 13.7. The summed E-state index contributed by atoms with van der Waals surface area (Å²) in [6.07, 6.45) is 5.99. The number of aromatic nitrogens is 2. The lowest BCUT2D eigenvalue weighted by molar-refractivity contribution is 0.0531. The van der Waals surface area contributed by atoms with E-state index in [1.807, 2.05) is 12.1 Å². The Balaban J connectivity index is 1.34. The van der Waals surface area contributed by atoms with Gasteiger partial charge in [0.15, 0.2) is 0 Å². The summed E-state index contributed by atoms with van der Waals surface area (Å²) in [5, 5.41) is 10.7. The van der Waals surface area contributed by atoms with Crippen LogP contribution in [0.4, 0.5) is 9.52 Å². The lowest BCUT2D eigenvalue weighted by atomic mass is 9.90. The molecule has 1 atom stereocenters. The molecule has 2 aromatic rings. The Kier molecular flexibility index (Phi) is 4.76. The monoisotopic (exact) mass is 347 g/mol. The first-order chi connectivity index (χ1) is 11.8. The highest BCUT2D eigenvalue weighted by Crippen LogP contribution is 2.32. The molecule has 2 saturated heterocycles. The molecule has 4 nitrogen and oxygen atoms in total. The van der Waals surface area contributed by atoms with Gasteiger partial charge in [0, 0.05) is 26.1 Å². The minimum absolute atomic E-state index is 0.203. The summed E-state index contributed by atoms with van der Waals surface area (Å²) >= 11 is 1.65. The highest BCUT2D eigenvalue weighted by molar-refractivity contribution is 7.15. The Morgan fingerprint density at radius 2 is 1.92 bits per heavy atom. The van der Waals surface area contributed by atoms with E-state index in [0.717, 1.165) is 35.4 Å². The first kappa shape index (κ1) is 16.0. The molecule has 0 aliphatic carbocycles. The van der Waals surface area contributed by atoms with Crippen LogP contribution in [0.1, 0.15) is 36.3 Å². The Morgan fingerprint density at radius 1 is 1.12 bits per heavy atom. The van der Waals surface area contributed by atoms with Gasteiger partial charge < -0.3 is 9.64 Å². The topological polar surface area (TPSA) is 38.2 Å². The van der Waals surface area contributed by atoms with Gasteiger partial charge in [-0.3, -0.25) is 0 Å². The van der Waals surface area contributed by atoms with E-state index in [2.05, 4.69) is 15.1 Å². The number of anilines is 1. The van der Waals surface area contributed by atoms with Gasteiger partial charge in [0.25, 0.3) is 0 Å². The van der Waals surface area contributed by atoms with Crippen molar-refractivity contribution in [1.82, 2.24) is 10.2 Å². The van der Waals surface area contributed by atoms with Crippen LogP contribution >= 0.6 is 11.3 Å². The van der Waals surface area contributed by atoms with E-state index in [1.54, 1.807) is 11.3 Å². The lowest BCUT2D eigenvalue weighted by Gasteiger charge is -2.33. The number of ether oxygens (including phenoxy) is 1. The van der Waals surface area contributed by atoms with Gasteiger partial charge in [-0.2, -0.15) is 0 Å². The average Bonchev–Trinajstić information content (AvgIpc) is 3.29. The van der Waals surface area contributed by atoms with Gasteiger partial charge in [0.05, 0.1) is 6.10 Å². The molecule has 4 rings (SSSR count). The molecule has 0 N–H and O–H groups in total. The van der Waals surface area contributed by atoms with E-state index in [4.69, 9.17) is 4.74 Å². The fraction of sp³-hybridized carbons (Fsp3) is 0.556. The summed E-state index contributed by atoms with van der Waals surface area (Å²) < 4.78 is 18.8. The molecule has 3 heterocycles. The summed E-state index contributed by atoms with van der Waals surface area (Å²) in [6.45, 7) is 3.01. The van der Waals surface area contributed by atoms with Crippen molar-refractivity contribution >= 4 is 16.5 Å². The average molecular weight is 347 g/mol. The van der Waals surface area contributed by atoms with E-state index in [-0.39, 0.29) is 5.82 Å². The zero-order valence-corrected chi connectivity index (χ0v) is 14.5. The molecule has 24 heavy (non-hydrogen) atoms. The Bertz CT molecular complexity index is 661. The van der Waals surface area contributed by atoms with Crippen LogP contribution in [0.5, 0.6) is 0 Å². The van der Waals surface area contributed by atoms with Gasteiger partial charge in [-0.1, -0.05) is 23.5 Å². The van der Waals surface area contributed by atoms with Crippen LogP contribution in [0.3, 0.4) is 0 Å². The van der Waals surface area contributed by atoms with Gasteiger partial charge in [-0.05, 0) is 49.3 Å². The normalized spacial score (nSPS) is 22.2. The number of piperidine rings is 1. The molecule has 2 aliphatic rings. The molecule has 0 saturated carbocycles. The van der Waals surface area contributed by atoms with Gasteiger partial charge in [0.2, 0.25) is 5.13 Å². The van der Waals surface area contributed by atoms with E-state index in [1.165, 1.54) is 37.8 Å². The van der Waals surface area contributed by atoms with Crippen LogP contribution < -0.4 is 4.90 Å². The number of hydrogen-bond donors (Lipinski definition) is 0. The predicted octanol–water partition coefficient (Wildman–Crippen LogP) is 3.66. The molecule has 1 unspecified atom stereocenters. The van der Waals surface area contributed by atoms with Crippen LogP contribution in [-0.2, 0) is 11.2 Å². The molecule has 2 fully saturated rings. The second-order valence-corrected chi connectivity index (χ2v) is 7.70. The van der Waals surface area contributed by atoms with E-state index in [0.29, 0.717) is 18.4 Å². The van der Waals surface area contributed by atoms with E-state index in [9.17, 15) is 4.39 Å². The smallest absolute Gasteiger partial charge is 0.208 e. The van der Waals surface area contributed by atoms with Crippen LogP contribution in [0.25, 0.3) is 0 Å². The molecule has 6 heteroatoms. The van der Waals surface area contributed by atoms with Crippen LogP contribution in [0.2, 0.25) is 0 Å². The molecular weight excluding hydrogens is 325 g/mol. The third-order valence-corrected chi connectivity index (χ3v) is 6.01. The quantitative estimate of drug-likeness (QED) is 0.846. The van der Waals surface area contributed by atoms with Crippen LogP contribution in [0.15, 0.2) is 24.3 Å². The maximum absolute atomic E-state index is 13.0. The number of benzene rings is 1. The van der Waals surface area contributed by atoms with Crippen molar-refractivity contribution in [1.29, 1.82) is 0 Å². The van der Waals surface area contributed by atoms with Gasteiger partial charge in [0.1, 0.15) is 10.8 Å². The van der Waals surface area contributed by atoms with Crippen molar-refractivity contribution in [2.75, 3.05) is 24.6 Å². The molecular formula is C18H22FN3OS. The molecule has 0 amide bonds. The van der Waals surface area contributed by atoms with Gasteiger partial charge in [-0.15, -0.1) is 10.2 Å². The van der Waals surface area contributed by atoms with E-state index < -0.39 is 0 Å². The van der Waals surface area contributed by atoms with Crippen LogP contribution in [0, 0.1) is 11.7 Å². The summed E-state index contributed by atoms with van der Waals surface area (Å²) in [6, 6.07) is 6.60. The predicted molar refractivity (Wildman–Crippen MR) is 93.0 cm³/mol. The van der Waals surface area contributed by atoms with Gasteiger partial charge in [-0.25, -0.2) is 4.39 Å². The maximum atomic E-state index is 13.0. The lowest BCUT2D eigenvalue weighted by Crippen LogP contribution is -2.37. The van der Waals surface area contributed by atoms with Crippen molar-refractivity contribution in [2.45, 2.75) is 38.2 Å². The first-order valence-corrected chi connectivity index (χ1v) is 9.53. The SMILES string of the molecule is Fc1ccc(Cc2nnc(N3CCC(C4CCCO4)CC3)s2)cc1. The number of halogens is 1. The molecule has 1 aromatic heterocycles. The summed E-state index contributed by atoms with van der Waals surface area (Å²) in [5.41, 5.74) is 1.07. The van der Waals surface area contributed by atoms with Crippen molar-refractivity contribution < 1.29 is 9.13 Å². The molecule has 1 aromatic carbocycles. The largest absolute Gasteiger partial charge is 0.378 e. The highest BCUT2D eigenvalue weighted by atomic mass is 32.1. The molecule has 0 bridgehead atoms. The van der Waals surface area contributed by atoms with Gasteiger partial charge >= 0.3 is 0 Å². The van der Waals surface area contributed by atoms with Crippen molar-refractivity contribution in [3.63, 3.8) is 0 Å². The minimum Gasteiger partial charge on any atom is -0.378 e.